The molecule has 1 atom stereocenters. The van der Waals surface area contributed by atoms with Gasteiger partial charge in [-0.15, -0.1) is 0 Å². The molecule has 0 aliphatic heterocycles. The molecular weight excluding hydrogens is 216 g/mol. The van der Waals surface area contributed by atoms with Crippen LogP contribution in [0, 0.1) is 6.92 Å². The minimum absolute atomic E-state index is 0.352. The van der Waals surface area contributed by atoms with Crippen molar-refractivity contribution in [3.63, 3.8) is 0 Å². The number of nitrogen functional groups attached to an aromatic ring is 1. The molecular formula is C12H20N4O. The minimum atomic E-state index is -0.352. The zero-order valence-corrected chi connectivity index (χ0v) is 10.4. The van der Waals surface area contributed by atoms with Gasteiger partial charge in [0.1, 0.15) is 17.5 Å². The average Bonchev–Trinajstić information content (AvgIpc) is 3.14. The van der Waals surface area contributed by atoms with Crippen molar-refractivity contribution in [3.8, 4) is 0 Å². The zero-order chi connectivity index (χ0) is 12.4. The summed E-state index contributed by atoms with van der Waals surface area (Å²) in [4.78, 5) is 8.79. The summed E-state index contributed by atoms with van der Waals surface area (Å²) in [5.74, 6) is 2.61. The summed E-state index contributed by atoms with van der Waals surface area (Å²) in [6.07, 6.45) is 2.68. The molecule has 0 radical (unpaired) electrons. The molecule has 4 N–H and O–H groups in total. The first-order valence-electron chi connectivity index (χ1n) is 6.17. The number of nitrogens with two attached hydrogens (primary N) is 1. The molecule has 5 nitrogen and oxygen atoms in total. The zero-order valence-electron chi connectivity index (χ0n) is 10.4. The number of aromatic nitrogens is 2. The van der Waals surface area contributed by atoms with Gasteiger partial charge in [-0.3, -0.25) is 0 Å². The highest BCUT2D eigenvalue weighted by Gasteiger charge is 2.27. The summed E-state index contributed by atoms with van der Waals surface area (Å²) in [6, 6.07) is 0. The van der Waals surface area contributed by atoms with E-state index in [9.17, 15) is 5.11 Å². The molecule has 1 saturated carbocycles. The van der Waals surface area contributed by atoms with Crippen LogP contribution in [0.4, 0.5) is 11.6 Å². The number of nitrogens with zero attached hydrogens (tertiary/aromatic N) is 2. The lowest BCUT2D eigenvalue weighted by Gasteiger charge is -2.14. The van der Waals surface area contributed by atoms with Gasteiger partial charge in [0, 0.05) is 18.0 Å². The number of hydrogen-bond acceptors (Lipinski definition) is 5. The number of aliphatic hydroxyl groups excluding tert-OH is 1. The Balaban J connectivity index is 2.13. The maximum Gasteiger partial charge on any atom is 0.136 e. The summed E-state index contributed by atoms with van der Waals surface area (Å²) < 4.78 is 0. The van der Waals surface area contributed by atoms with Crippen LogP contribution < -0.4 is 11.1 Å². The van der Waals surface area contributed by atoms with Gasteiger partial charge in [0.05, 0.1) is 6.10 Å². The van der Waals surface area contributed by atoms with Crippen molar-refractivity contribution in [2.24, 2.45) is 0 Å². The Hall–Kier alpha value is -1.36. The van der Waals surface area contributed by atoms with E-state index in [0.29, 0.717) is 18.3 Å². The molecule has 0 bridgehead atoms. The maximum absolute atomic E-state index is 9.53. The van der Waals surface area contributed by atoms with E-state index in [-0.39, 0.29) is 6.10 Å². The van der Waals surface area contributed by atoms with Crippen LogP contribution >= 0.6 is 0 Å². The van der Waals surface area contributed by atoms with Crippen LogP contribution in [0.15, 0.2) is 0 Å². The number of hydrogen-bond donors (Lipinski definition) is 3. The van der Waals surface area contributed by atoms with Crippen LogP contribution in [-0.4, -0.2) is 27.7 Å². The standard InChI is InChI=1S/C12H20N4O/c1-3-9(17)6-14-11-7(2)10(13)15-12(16-11)8-4-5-8/h8-9,17H,3-6H2,1-2H3,(H3,13,14,15,16). The van der Waals surface area contributed by atoms with Crippen LogP contribution in [0.25, 0.3) is 0 Å². The number of aliphatic hydroxyl groups is 1. The van der Waals surface area contributed by atoms with E-state index < -0.39 is 0 Å². The smallest absolute Gasteiger partial charge is 0.136 e. The molecule has 1 aromatic heterocycles. The Labute approximate surface area is 101 Å². The highest BCUT2D eigenvalue weighted by Crippen LogP contribution is 2.39. The Morgan fingerprint density at radius 3 is 2.76 bits per heavy atom. The van der Waals surface area contributed by atoms with Gasteiger partial charge >= 0.3 is 0 Å². The van der Waals surface area contributed by atoms with Crippen molar-refractivity contribution < 1.29 is 5.11 Å². The van der Waals surface area contributed by atoms with Gasteiger partial charge in [-0.2, -0.15) is 0 Å². The first-order chi connectivity index (χ1) is 8.11. The van der Waals surface area contributed by atoms with Gasteiger partial charge in [-0.1, -0.05) is 6.92 Å². The fraction of sp³-hybridized carbons (Fsp3) is 0.667. The molecule has 1 fully saturated rings. The summed E-state index contributed by atoms with van der Waals surface area (Å²) in [5, 5.41) is 12.7. The molecule has 0 saturated heterocycles. The van der Waals surface area contributed by atoms with Crippen molar-refractivity contribution in [1.29, 1.82) is 0 Å². The molecule has 1 heterocycles. The molecule has 1 aromatic rings. The normalized spacial score (nSPS) is 16.9. The van der Waals surface area contributed by atoms with Gasteiger partial charge in [0.15, 0.2) is 0 Å². The van der Waals surface area contributed by atoms with Crippen molar-refractivity contribution >= 4 is 11.6 Å². The second kappa shape index (κ2) is 4.87. The van der Waals surface area contributed by atoms with E-state index in [1.807, 2.05) is 13.8 Å². The predicted octanol–water partition coefficient (Wildman–Crippen LogP) is 1.43. The molecule has 1 unspecified atom stereocenters. The average molecular weight is 236 g/mol. The molecule has 1 aliphatic carbocycles. The highest BCUT2D eigenvalue weighted by molar-refractivity contribution is 5.55. The largest absolute Gasteiger partial charge is 0.391 e. The Kier molecular flexibility index (Phi) is 3.47. The van der Waals surface area contributed by atoms with Crippen LogP contribution in [0.2, 0.25) is 0 Å². The SMILES string of the molecule is CCC(O)CNc1nc(C2CC2)nc(N)c1C. The van der Waals surface area contributed by atoms with Gasteiger partial charge < -0.3 is 16.2 Å². The Morgan fingerprint density at radius 1 is 1.47 bits per heavy atom. The lowest BCUT2D eigenvalue weighted by molar-refractivity contribution is 0.183. The molecule has 0 amide bonds. The number of nitrogens with one attached hydrogen (secondary N) is 1. The molecule has 2 rings (SSSR count). The fourth-order valence-corrected chi connectivity index (χ4v) is 1.61. The van der Waals surface area contributed by atoms with Crippen LogP contribution in [0.5, 0.6) is 0 Å². The first-order valence-corrected chi connectivity index (χ1v) is 6.17. The Morgan fingerprint density at radius 2 is 2.18 bits per heavy atom. The molecule has 1 aliphatic rings. The van der Waals surface area contributed by atoms with Crippen LogP contribution in [0.3, 0.4) is 0 Å². The van der Waals surface area contributed by atoms with Gasteiger partial charge in [-0.05, 0) is 26.2 Å². The van der Waals surface area contributed by atoms with Crippen molar-refractivity contribution in [2.45, 2.75) is 45.1 Å². The molecule has 0 aromatic carbocycles. The van der Waals surface area contributed by atoms with Crippen molar-refractivity contribution in [2.75, 3.05) is 17.6 Å². The third kappa shape index (κ3) is 2.85. The van der Waals surface area contributed by atoms with E-state index in [1.165, 1.54) is 0 Å². The second-order valence-electron chi connectivity index (χ2n) is 4.66. The summed E-state index contributed by atoms with van der Waals surface area (Å²) in [7, 11) is 0. The monoisotopic (exact) mass is 236 g/mol. The van der Waals surface area contributed by atoms with Crippen molar-refractivity contribution in [3.05, 3.63) is 11.4 Å². The van der Waals surface area contributed by atoms with Crippen LogP contribution in [-0.2, 0) is 0 Å². The summed E-state index contributed by atoms with van der Waals surface area (Å²) in [5.41, 5.74) is 6.73. The van der Waals surface area contributed by atoms with Gasteiger partial charge in [-0.25, -0.2) is 9.97 Å². The summed E-state index contributed by atoms with van der Waals surface area (Å²) in [6.45, 7) is 4.34. The van der Waals surface area contributed by atoms with Crippen LogP contribution in [0.1, 0.15) is 43.5 Å². The third-order valence-electron chi connectivity index (χ3n) is 3.12. The first kappa shape index (κ1) is 12.1. The summed E-state index contributed by atoms with van der Waals surface area (Å²) >= 11 is 0. The quantitative estimate of drug-likeness (QED) is 0.720. The van der Waals surface area contributed by atoms with E-state index in [1.54, 1.807) is 0 Å². The predicted molar refractivity (Wildman–Crippen MR) is 67.9 cm³/mol. The van der Waals surface area contributed by atoms with E-state index in [2.05, 4.69) is 15.3 Å². The van der Waals surface area contributed by atoms with Gasteiger partial charge in [0.25, 0.3) is 0 Å². The Bertz CT molecular complexity index is 404. The molecule has 17 heavy (non-hydrogen) atoms. The number of rotatable bonds is 5. The lowest BCUT2D eigenvalue weighted by atomic mass is 10.2. The minimum Gasteiger partial charge on any atom is -0.391 e. The van der Waals surface area contributed by atoms with E-state index >= 15 is 0 Å². The topological polar surface area (TPSA) is 84.1 Å². The maximum atomic E-state index is 9.53. The molecule has 94 valence electrons. The third-order valence-corrected chi connectivity index (χ3v) is 3.12. The lowest BCUT2D eigenvalue weighted by Crippen LogP contribution is -2.20. The van der Waals surface area contributed by atoms with E-state index in [0.717, 1.165) is 36.5 Å². The van der Waals surface area contributed by atoms with Gasteiger partial charge in [0.2, 0.25) is 0 Å². The van der Waals surface area contributed by atoms with Crippen molar-refractivity contribution in [1.82, 2.24) is 9.97 Å². The number of anilines is 2. The molecule has 5 heteroatoms. The van der Waals surface area contributed by atoms with E-state index in [4.69, 9.17) is 5.73 Å². The second-order valence-corrected chi connectivity index (χ2v) is 4.66. The fourth-order valence-electron chi connectivity index (χ4n) is 1.61. The highest BCUT2D eigenvalue weighted by atomic mass is 16.3. The molecule has 0 spiro atoms.